The van der Waals surface area contributed by atoms with Crippen LogP contribution >= 0.6 is 11.6 Å². The van der Waals surface area contributed by atoms with E-state index in [4.69, 9.17) is 30.8 Å². The van der Waals surface area contributed by atoms with Gasteiger partial charge < -0.3 is 23.3 Å². The van der Waals surface area contributed by atoms with E-state index in [1.807, 2.05) is 18.2 Å². The maximum absolute atomic E-state index is 14.9. The molecule has 8 rings (SSSR count). The zero-order valence-electron chi connectivity index (χ0n) is 26.6. The van der Waals surface area contributed by atoms with Crippen molar-refractivity contribution >= 4 is 22.6 Å². The van der Waals surface area contributed by atoms with Gasteiger partial charge in [-0.2, -0.15) is 18.2 Å². The molecule has 2 saturated heterocycles. The number of hydrogen-bond acceptors (Lipinski definition) is 9. The minimum atomic E-state index is -4.76. The average molecular weight is 699 g/mol. The quantitative estimate of drug-likeness (QED) is 0.161. The summed E-state index contributed by atoms with van der Waals surface area (Å²) >= 11 is 5.98. The molecule has 256 valence electrons. The first-order valence-corrected chi connectivity index (χ1v) is 16.4. The molecular formula is C34H31ClF4N6O4. The van der Waals surface area contributed by atoms with Crippen LogP contribution in [0, 0.1) is 12.7 Å². The second kappa shape index (κ2) is 12.0. The van der Waals surface area contributed by atoms with E-state index in [9.17, 15) is 17.6 Å². The normalized spacial score (nSPS) is 21.4. The zero-order valence-corrected chi connectivity index (χ0v) is 27.3. The summed E-state index contributed by atoms with van der Waals surface area (Å²) in [6, 6.07) is 11.9. The summed E-state index contributed by atoms with van der Waals surface area (Å²) in [5.74, 6) is -1.30. The number of piperidine rings is 1. The lowest BCUT2D eigenvalue weighted by molar-refractivity contribution is -0.159. The molecule has 5 aromatic rings. The van der Waals surface area contributed by atoms with Gasteiger partial charge in [0, 0.05) is 24.1 Å². The van der Waals surface area contributed by atoms with Crippen LogP contribution in [0.3, 0.4) is 0 Å². The number of halogens is 5. The summed E-state index contributed by atoms with van der Waals surface area (Å²) in [4.78, 5) is 15.3. The zero-order chi connectivity index (χ0) is 34.1. The van der Waals surface area contributed by atoms with E-state index < -0.39 is 23.7 Å². The third kappa shape index (κ3) is 5.89. The number of ether oxygens (including phenoxy) is 3. The van der Waals surface area contributed by atoms with Crippen molar-refractivity contribution in [1.82, 2.24) is 29.6 Å². The molecule has 49 heavy (non-hydrogen) atoms. The summed E-state index contributed by atoms with van der Waals surface area (Å²) < 4.78 is 79.0. The minimum Gasteiger partial charge on any atom is -0.444 e. The van der Waals surface area contributed by atoms with E-state index in [2.05, 4.69) is 29.1 Å². The summed E-state index contributed by atoms with van der Waals surface area (Å²) in [7, 11) is 0. The van der Waals surface area contributed by atoms with Crippen molar-refractivity contribution in [3.63, 3.8) is 0 Å². The molecule has 3 aliphatic heterocycles. The van der Waals surface area contributed by atoms with Gasteiger partial charge in [0.05, 0.1) is 41.5 Å². The Kier molecular flexibility index (Phi) is 7.80. The molecule has 0 saturated carbocycles. The molecule has 0 unspecified atom stereocenters. The van der Waals surface area contributed by atoms with Gasteiger partial charge in [-0.1, -0.05) is 28.9 Å². The summed E-state index contributed by atoms with van der Waals surface area (Å²) in [5.41, 5.74) is 3.41. The van der Waals surface area contributed by atoms with E-state index in [0.29, 0.717) is 47.4 Å². The Morgan fingerprint density at radius 2 is 1.82 bits per heavy atom. The molecule has 10 nitrogen and oxygen atoms in total. The number of rotatable bonds is 7. The van der Waals surface area contributed by atoms with Gasteiger partial charge in [-0.05, 0) is 75.5 Å². The first kappa shape index (κ1) is 32.0. The molecule has 0 radical (unpaired) electrons. The average Bonchev–Trinajstić information content (AvgIpc) is 3.75. The summed E-state index contributed by atoms with van der Waals surface area (Å²) in [6.07, 6.45) is -2.09. The predicted molar refractivity (Wildman–Crippen MR) is 169 cm³/mol. The minimum absolute atomic E-state index is 0.0435. The molecule has 2 aromatic carbocycles. The molecule has 6 heterocycles. The predicted octanol–water partition coefficient (Wildman–Crippen LogP) is 7.41. The number of alkyl halides is 3. The molecule has 3 aromatic heterocycles. The third-order valence-corrected chi connectivity index (χ3v) is 9.71. The first-order chi connectivity index (χ1) is 23.4. The van der Waals surface area contributed by atoms with Gasteiger partial charge in [0.2, 0.25) is 5.82 Å². The lowest BCUT2D eigenvalue weighted by Crippen LogP contribution is -2.35. The molecule has 2 atom stereocenters. The highest BCUT2D eigenvalue weighted by Crippen LogP contribution is 2.50. The lowest BCUT2D eigenvalue weighted by atomic mass is 9.88. The van der Waals surface area contributed by atoms with Crippen molar-refractivity contribution in [1.29, 1.82) is 0 Å². The number of para-hydroxylation sites is 1. The first-order valence-electron chi connectivity index (χ1n) is 16.0. The van der Waals surface area contributed by atoms with Gasteiger partial charge in [-0.3, -0.25) is 4.90 Å². The largest absolute Gasteiger partial charge is 0.471 e. The van der Waals surface area contributed by atoms with Crippen molar-refractivity contribution < 1.29 is 36.3 Å². The molecule has 0 aliphatic carbocycles. The van der Waals surface area contributed by atoms with Crippen LogP contribution in [0.25, 0.3) is 22.6 Å². The van der Waals surface area contributed by atoms with Crippen molar-refractivity contribution in [3.8, 4) is 23.0 Å². The van der Waals surface area contributed by atoms with E-state index in [1.165, 1.54) is 6.07 Å². The fraction of sp³-hybridized carbons (Fsp3) is 0.412. The van der Waals surface area contributed by atoms with Crippen LogP contribution in [-0.4, -0.2) is 55.4 Å². The number of aryl methyl sites for hydroxylation is 1. The summed E-state index contributed by atoms with van der Waals surface area (Å²) in [6.45, 7) is 6.91. The molecular weight excluding hydrogens is 668 g/mol. The smallest absolute Gasteiger partial charge is 0.444 e. The van der Waals surface area contributed by atoms with Crippen LogP contribution in [0.4, 0.5) is 17.6 Å². The van der Waals surface area contributed by atoms with Crippen LogP contribution < -0.4 is 9.47 Å². The van der Waals surface area contributed by atoms with Crippen LogP contribution in [0.15, 0.2) is 47.0 Å². The number of nitrogens with zero attached hydrogens (tertiary/aromatic N) is 6. The molecule has 0 spiro atoms. The van der Waals surface area contributed by atoms with Gasteiger partial charge >= 0.3 is 12.1 Å². The monoisotopic (exact) mass is 698 g/mol. The SMILES string of the molecule is Cc1nc(-c2noc(C(F)(F)F)n2)cc2nc(CN3CCC(c4cccc5c4O[C@@](C)(c4ccc(Cl)cc4F)O5)CC3)n(C[C@@H]3CCO3)c12. The Labute approximate surface area is 282 Å². The Balaban J connectivity index is 1.02. The van der Waals surface area contributed by atoms with Crippen molar-refractivity contribution in [2.75, 3.05) is 19.7 Å². The lowest BCUT2D eigenvalue weighted by Gasteiger charge is -2.33. The highest BCUT2D eigenvalue weighted by atomic mass is 35.5. The molecule has 0 amide bonds. The van der Waals surface area contributed by atoms with E-state index >= 15 is 0 Å². The van der Waals surface area contributed by atoms with Crippen LogP contribution in [-0.2, 0) is 29.8 Å². The number of benzene rings is 2. The Bertz CT molecular complexity index is 2060. The number of likely N-dealkylation sites (tertiary alicyclic amines) is 1. The number of fused-ring (bicyclic) bond motifs is 2. The molecule has 0 bridgehead atoms. The number of aromatic nitrogens is 5. The van der Waals surface area contributed by atoms with Crippen LogP contribution in [0.1, 0.15) is 60.6 Å². The Morgan fingerprint density at radius 1 is 1.02 bits per heavy atom. The molecule has 3 aliphatic rings. The molecule has 0 N–H and O–H groups in total. The fourth-order valence-electron chi connectivity index (χ4n) is 6.94. The fourth-order valence-corrected chi connectivity index (χ4v) is 7.10. The number of hydrogen-bond donors (Lipinski definition) is 0. The number of pyridine rings is 1. The van der Waals surface area contributed by atoms with Crippen molar-refractivity contribution in [2.24, 2.45) is 0 Å². The van der Waals surface area contributed by atoms with E-state index in [-0.39, 0.29) is 29.1 Å². The Morgan fingerprint density at radius 3 is 2.51 bits per heavy atom. The van der Waals surface area contributed by atoms with E-state index in [1.54, 1.807) is 32.0 Å². The summed E-state index contributed by atoms with van der Waals surface area (Å²) in [5, 5.41) is 3.80. The second-order valence-corrected chi connectivity index (χ2v) is 13.2. The maximum Gasteiger partial charge on any atom is 0.471 e. The van der Waals surface area contributed by atoms with Crippen LogP contribution in [0.2, 0.25) is 5.02 Å². The van der Waals surface area contributed by atoms with Gasteiger partial charge in [0.25, 0.3) is 5.79 Å². The van der Waals surface area contributed by atoms with Crippen molar-refractivity contribution in [3.05, 3.63) is 81.8 Å². The second-order valence-electron chi connectivity index (χ2n) is 12.8. The molecule has 15 heteroatoms. The van der Waals surface area contributed by atoms with Gasteiger partial charge in [-0.15, -0.1) is 0 Å². The Hall–Kier alpha value is -4.27. The van der Waals surface area contributed by atoms with Gasteiger partial charge in [-0.25, -0.2) is 14.4 Å². The van der Waals surface area contributed by atoms with Gasteiger partial charge in [0.15, 0.2) is 11.5 Å². The van der Waals surface area contributed by atoms with E-state index in [0.717, 1.165) is 49.3 Å². The van der Waals surface area contributed by atoms with Crippen LogP contribution in [0.5, 0.6) is 11.5 Å². The standard InChI is InChI=1S/C34H31ClF4N6O4/c1-18-29-25(15-26(40-18)31-42-32(49-43-31)34(37,38)39)41-28(45(29)16-21-10-13-46-21)17-44-11-8-19(9-12-44)22-4-3-5-27-30(22)48-33(2,47-27)23-7-6-20(35)14-24(23)36/h3-7,14-15,19,21H,8-13,16-17H2,1-2H3/t21-,33-/m0/s1. The highest BCUT2D eigenvalue weighted by molar-refractivity contribution is 6.30. The highest BCUT2D eigenvalue weighted by Gasteiger charge is 2.43. The number of imidazole rings is 1. The third-order valence-electron chi connectivity index (χ3n) is 9.48. The topological polar surface area (TPSA) is 101 Å². The maximum atomic E-state index is 14.9. The molecule has 2 fully saturated rings. The van der Waals surface area contributed by atoms with Crippen molar-refractivity contribution in [2.45, 2.75) is 70.2 Å². The van der Waals surface area contributed by atoms with Gasteiger partial charge in [0.1, 0.15) is 17.3 Å².